The van der Waals surface area contributed by atoms with E-state index < -0.39 is 0 Å². The van der Waals surface area contributed by atoms with Gasteiger partial charge in [0.05, 0.1) is 0 Å². The zero-order valence-corrected chi connectivity index (χ0v) is 13.8. The van der Waals surface area contributed by atoms with Crippen molar-refractivity contribution in [2.24, 2.45) is 0 Å². The van der Waals surface area contributed by atoms with Gasteiger partial charge in [0.25, 0.3) is 0 Å². The van der Waals surface area contributed by atoms with Crippen LogP contribution in [0.2, 0.25) is 0 Å². The zero-order chi connectivity index (χ0) is 9.80. The molecule has 0 fully saturated rings. The zero-order valence-electron chi connectivity index (χ0n) is 8.69. The first-order chi connectivity index (χ1) is 6.88. The first kappa shape index (κ1) is 15.5. The Morgan fingerprint density at radius 2 is 1.56 bits per heavy atom. The molecule has 0 aliphatic heterocycles. The van der Waals surface area contributed by atoms with Crippen LogP contribution in [0.1, 0.15) is 15.9 Å². The average Bonchev–Trinajstić information content (AvgIpc) is 2.30. The molecule has 0 saturated carbocycles. The molecule has 0 spiro atoms. The van der Waals surface area contributed by atoms with Gasteiger partial charge in [-0.1, -0.05) is 54.6 Å². The van der Waals surface area contributed by atoms with Crippen LogP contribution in [-0.4, -0.2) is 5.78 Å². The Hall–Kier alpha value is -0.537. The Labute approximate surface area is 125 Å². The van der Waals surface area contributed by atoms with E-state index in [9.17, 15) is 4.79 Å². The number of rotatable bonds is 2. The molecule has 16 heavy (non-hydrogen) atoms. The van der Waals surface area contributed by atoms with Crippen LogP contribution < -0.4 is 24.0 Å². The number of halogens is 1. The fourth-order valence-corrected chi connectivity index (χ4v) is 1.28. The third kappa shape index (κ3) is 3.80. The van der Waals surface area contributed by atoms with E-state index in [1.54, 1.807) is 12.1 Å². The Morgan fingerprint density at radius 3 is 2.12 bits per heavy atom. The molecule has 0 aliphatic carbocycles. The number of hydrogen-bond donors (Lipinski definition) is 0. The average molecular weight is 374 g/mol. The van der Waals surface area contributed by atoms with Crippen LogP contribution in [0.3, 0.4) is 0 Å². The summed E-state index contributed by atoms with van der Waals surface area (Å²) in [6.07, 6.45) is 0. The summed E-state index contributed by atoms with van der Waals surface area (Å²) in [4.78, 5) is 11.8. The summed E-state index contributed by atoms with van der Waals surface area (Å²) in [5, 5.41) is 0. The van der Waals surface area contributed by atoms with E-state index in [2.05, 4.69) is 6.07 Å². The molecule has 0 unspecified atom stereocenters. The number of ketones is 1. The number of carbonyl (C=O) groups is 1. The van der Waals surface area contributed by atoms with Crippen molar-refractivity contribution in [3.63, 3.8) is 0 Å². The Bertz CT molecular complexity index is 387. The molecule has 0 amide bonds. The third-order valence-electron chi connectivity index (χ3n) is 1.99. The van der Waals surface area contributed by atoms with Crippen molar-refractivity contribution in [1.82, 2.24) is 0 Å². The van der Waals surface area contributed by atoms with E-state index in [1.807, 2.05) is 42.5 Å². The summed E-state index contributed by atoms with van der Waals surface area (Å²) in [6.45, 7) is 0. The Balaban J connectivity index is 0.00000112. The normalized spacial score (nSPS) is 8.50. The van der Waals surface area contributed by atoms with E-state index >= 15 is 0 Å². The molecule has 0 N–H and O–H groups in total. The van der Waals surface area contributed by atoms with Crippen LogP contribution in [0, 0.1) is 6.07 Å². The van der Waals surface area contributed by atoms with Crippen LogP contribution in [0.4, 0.5) is 0 Å². The van der Waals surface area contributed by atoms with Crippen molar-refractivity contribution in [2.45, 2.75) is 0 Å². The Kier molecular flexibility index (Phi) is 7.43. The molecule has 1 nitrogen and oxygen atoms in total. The van der Waals surface area contributed by atoms with Gasteiger partial charge < -0.3 is 24.0 Å². The fraction of sp³-hybridized carbons (Fsp3) is 0. The maximum absolute atomic E-state index is 11.8. The van der Waals surface area contributed by atoms with Crippen molar-refractivity contribution in [1.29, 1.82) is 0 Å². The topological polar surface area (TPSA) is 17.1 Å². The van der Waals surface area contributed by atoms with Gasteiger partial charge in [0.2, 0.25) is 0 Å². The number of benzene rings is 2. The summed E-state index contributed by atoms with van der Waals surface area (Å²) in [5.74, 6) is 0.0196. The van der Waals surface area contributed by atoms with E-state index in [1.165, 1.54) is 0 Å². The van der Waals surface area contributed by atoms with Crippen molar-refractivity contribution in [2.75, 3.05) is 0 Å². The summed E-state index contributed by atoms with van der Waals surface area (Å²) < 4.78 is 0. The van der Waals surface area contributed by atoms with Gasteiger partial charge in [-0.2, -0.15) is 0 Å². The number of hydrogen-bond acceptors (Lipinski definition) is 1. The SMILES string of the molecule is O=C(c1[c]cccc1)c1ccccc1.[I-].[Zn]. The minimum atomic E-state index is 0. The second-order valence-corrected chi connectivity index (χ2v) is 2.97. The Morgan fingerprint density at radius 1 is 0.938 bits per heavy atom. The smallest absolute Gasteiger partial charge is 0.193 e. The van der Waals surface area contributed by atoms with Gasteiger partial charge in [0, 0.05) is 30.6 Å². The van der Waals surface area contributed by atoms with Crippen LogP contribution in [0.25, 0.3) is 0 Å². The molecular formula is C13H9IOZn-. The van der Waals surface area contributed by atoms with Crippen LogP contribution >= 0.6 is 0 Å². The third-order valence-corrected chi connectivity index (χ3v) is 1.99. The quantitative estimate of drug-likeness (QED) is 0.402. The summed E-state index contributed by atoms with van der Waals surface area (Å²) in [7, 11) is 0. The molecule has 0 saturated heterocycles. The molecule has 2 rings (SSSR count). The molecule has 0 atom stereocenters. The second kappa shape index (κ2) is 7.69. The van der Waals surface area contributed by atoms with Gasteiger partial charge >= 0.3 is 0 Å². The number of carbonyl (C=O) groups excluding carboxylic acids is 1. The minimum absolute atomic E-state index is 0. The maximum Gasteiger partial charge on any atom is 0.193 e. The van der Waals surface area contributed by atoms with E-state index in [0.717, 1.165) is 0 Å². The van der Waals surface area contributed by atoms with Crippen molar-refractivity contribution >= 4 is 5.78 Å². The molecular weight excluding hydrogens is 364 g/mol. The predicted molar refractivity (Wildman–Crippen MR) is 55.2 cm³/mol. The summed E-state index contributed by atoms with van der Waals surface area (Å²) >= 11 is 0. The monoisotopic (exact) mass is 372 g/mol. The van der Waals surface area contributed by atoms with Crippen LogP contribution in [0.15, 0.2) is 54.6 Å². The van der Waals surface area contributed by atoms with Crippen molar-refractivity contribution < 1.29 is 48.2 Å². The summed E-state index contributed by atoms with van der Waals surface area (Å²) in [5.41, 5.74) is 1.31. The summed E-state index contributed by atoms with van der Waals surface area (Å²) in [6, 6.07) is 19.4. The second-order valence-electron chi connectivity index (χ2n) is 2.97. The van der Waals surface area contributed by atoms with Crippen LogP contribution in [0.5, 0.6) is 0 Å². The van der Waals surface area contributed by atoms with E-state index in [0.29, 0.717) is 11.1 Å². The molecule has 1 radical (unpaired) electrons. The molecule has 2 aromatic carbocycles. The molecule has 0 heterocycles. The van der Waals surface area contributed by atoms with E-state index in [4.69, 9.17) is 0 Å². The molecule has 0 aromatic heterocycles. The van der Waals surface area contributed by atoms with Gasteiger partial charge in [-0.3, -0.25) is 4.79 Å². The largest absolute Gasteiger partial charge is 1.00 e. The van der Waals surface area contributed by atoms with Crippen LogP contribution in [-0.2, 0) is 19.5 Å². The van der Waals surface area contributed by atoms with Crippen molar-refractivity contribution in [3.05, 3.63) is 71.8 Å². The first-order valence-electron chi connectivity index (χ1n) is 4.44. The van der Waals surface area contributed by atoms with Gasteiger partial charge in [-0.05, 0) is 6.07 Å². The minimum Gasteiger partial charge on any atom is -1.00 e. The molecule has 3 heteroatoms. The fourth-order valence-electron chi connectivity index (χ4n) is 1.28. The van der Waals surface area contributed by atoms with Crippen molar-refractivity contribution in [3.8, 4) is 0 Å². The molecule has 0 aliphatic rings. The van der Waals surface area contributed by atoms with Gasteiger partial charge in [-0.15, -0.1) is 0 Å². The molecule has 0 bridgehead atoms. The van der Waals surface area contributed by atoms with E-state index in [-0.39, 0.29) is 49.2 Å². The van der Waals surface area contributed by atoms with Gasteiger partial charge in [0.15, 0.2) is 5.78 Å². The maximum atomic E-state index is 11.8. The molecule has 2 aromatic rings. The van der Waals surface area contributed by atoms with Gasteiger partial charge in [-0.25, -0.2) is 0 Å². The standard InChI is InChI=1S/C13H9O.HI.Zn/c14-13(11-7-3-1-4-8-11)12-9-5-2-6-10-12;;/h1-9H;1H;/p-1. The first-order valence-corrected chi connectivity index (χ1v) is 4.44. The predicted octanol–water partition coefficient (Wildman–Crippen LogP) is -0.281. The molecule has 77 valence electrons. The van der Waals surface area contributed by atoms with Gasteiger partial charge in [0.1, 0.15) is 0 Å².